The third-order valence-electron chi connectivity index (χ3n) is 3.98. The van der Waals surface area contributed by atoms with Gasteiger partial charge in [-0.05, 0) is 18.2 Å². The number of urea groups is 1. The molecule has 26 heavy (non-hydrogen) atoms. The molecule has 2 aromatic carbocycles. The number of hydrogen-bond acceptors (Lipinski definition) is 2. The lowest BCUT2D eigenvalue weighted by Crippen LogP contribution is -2.52. The van der Waals surface area contributed by atoms with Crippen LogP contribution in [-0.2, 0) is 4.79 Å². The van der Waals surface area contributed by atoms with E-state index in [1.165, 1.54) is 6.07 Å². The van der Waals surface area contributed by atoms with E-state index in [1.54, 1.807) is 24.3 Å². The summed E-state index contributed by atoms with van der Waals surface area (Å²) in [6.45, 7) is 3.69. The zero-order valence-corrected chi connectivity index (χ0v) is 14.1. The molecule has 3 N–H and O–H groups in total. The Morgan fingerprint density at radius 3 is 2.62 bits per heavy atom. The fraction of sp³-hybridized carbons (Fsp3) is 0.111. The van der Waals surface area contributed by atoms with Crippen LogP contribution in [0.25, 0.3) is 0 Å². The third-order valence-corrected chi connectivity index (χ3v) is 4.31. The van der Waals surface area contributed by atoms with Crippen LogP contribution < -0.4 is 16.0 Å². The van der Waals surface area contributed by atoms with Crippen molar-refractivity contribution >= 4 is 29.2 Å². The van der Waals surface area contributed by atoms with Crippen molar-refractivity contribution < 1.29 is 18.4 Å². The first-order valence-corrected chi connectivity index (χ1v) is 8.01. The zero-order valence-electron chi connectivity index (χ0n) is 13.4. The topological polar surface area (TPSA) is 70.2 Å². The Kier molecular flexibility index (Phi) is 4.90. The number of nitrogens with one attached hydrogen (secondary N) is 3. The number of hydrogen-bond donors (Lipinski definition) is 3. The average molecular weight is 378 g/mol. The van der Waals surface area contributed by atoms with Crippen molar-refractivity contribution in [2.75, 3.05) is 5.32 Å². The van der Waals surface area contributed by atoms with Crippen LogP contribution in [-0.4, -0.2) is 11.9 Å². The number of para-hydroxylation sites is 1. The second-order valence-corrected chi connectivity index (χ2v) is 6.12. The van der Waals surface area contributed by atoms with Gasteiger partial charge in [-0.1, -0.05) is 36.4 Å². The molecule has 5 nitrogen and oxygen atoms in total. The van der Waals surface area contributed by atoms with E-state index in [4.69, 9.17) is 11.6 Å². The smallest absolute Gasteiger partial charge is 0.319 e. The van der Waals surface area contributed by atoms with Gasteiger partial charge >= 0.3 is 6.03 Å². The highest BCUT2D eigenvalue weighted by molar-refractivity contribution is 6.33. The molecule has 134 valence electrons. The molecular weight excluding hydrogens is 364 g/mol. The van der Waals surface area contributed by atoms with Gasteiger partial charge in [-0.3, -0.25) is 4.79 Å². The van der Waals surface area contributed by atoms with Crippen LogP contribution >= 0.6 is 11.6 Å². The SMILES string of the molecule is C=C1NC(=O)N[C@H](c2ccc(F)cc2F)[C@H]1C(=O)Nc1ccccc1Cl. The molecule has 1 aliphatic heterocycles. The van der Waals surface area contributed by atoms with E-state index in [9.17, 15) is 18.4 Å². The van der Waals surface area contributed by atoms with E-state index in [2.05, 4.69) is 22.5 Å². The molecule has 8 heteroatoms. The summed E-state index contributed by atoms with van der Waals surface area (Å²) in [4.78, 5) is 24.6. The molecule has 2 atom stereocenters. The summed E-state index contributed by atoms with van der Waals surface area (Å²) in [6, 6.07) is 7.84. The fourth-order valence-electron chi connectivity index (χ4n) is 2.78. The molecule has 1 fully saturated rings. The molecule has 0 radical (unpaired) electrons. The highest BCUT2D eigenvalue weighted by Crippen LogP contribution is 2.33. The fourth-order valence-corrected chi connectivity index (χ4v) is 2.96. The second kappa shape index (κ2) is 7.13. The van der Waals surface area contributed by atoms with Crippen molar-refractivity contribution in [3.8, 4) is 0 Å². The van der Waals surface area contributed by atoms with Gasteiger partial charge in [-0.15, -0.1) is 0 Å². The summed E-state index contributed by atoms with van der Waals surface area (Å²) in [5.74, 6) is -3.23. The molecule has 0 aliphatic carbocycles. The summed E-state index contributed by atoms with van der Waals surface area (Å²) in [7, 11) is 0. The lowest BCUT2D eigenvalue weighted by atomic mass is 9.88. The highest BCUT2D eigenvalue weighted by Gasteiger charge is 2.39. The van der Waals surface area contributed by atoms with Crippen molar-refractivity contribution in [3.05, 3.63) is 77.0 Å². The maximum atomic E-state index is 14.2. The van der Waals surface area contributed by atoms with Gasteiger partial charge in [0.1, 0.15) is 17.6 Å². The Morgan fingerprint density at radius 1 is 1.19 bits per heavy atom. The molecule has 1 heterocycles. The summed E-state index contributed by atoms with van der Waals surface area (Å²) in [6.07, 6.45) is 0. The number of benzene rings is 2. The average Bonchev–Trinajstić information content (AvgIpc) is 2.56. The van der Waals surface area contributed by atoms with Gasteiger partial charge in [0, 0.05) is 17.3 Å². The van der Waals surface area contributed by atoms with Crippen molar-refractivity contribution in [1.29, 1.82) is 0 Å². The molecule has 0 unspecified atom stereocenters. The van der Waals surface area contributed by atoms with Gasteiger partial charge in [0.2, 0.25) is 5.91 Å². The molecule has 0 aromatic heterocycles. The first-order chi connectivity index (χ1) is 12.4. The van der Waals surface area contributed by atoms with Crippen molar-refractivity contribution in [2.45, 2.75) is 6.04 Å². The van der Waals surface area contributed by atoms with Crippen LogP contribution in [0.2, 0.25) is 5.02 Å². The third kappa shape index (κ3) is 3.52. The monoisotopic (exact) mass is 377 g/mol. The summed E-state index contributed by atoms with van der Waals surface area (Å²) in [5, 5.41) is 7.85. The molecule has 0 spiro atoms. The van der Waals surface area contributed by atoms with Crippen LogP contribution in [0.1, 0.15) is 11.6 Å². The maximum absolute atomic E-state index is 14.2. The number of halogens is 3. The van der Waals surface area contributed by atoms with E-state index < -0.39 is 35.5 Å². The lowest BCUT2D eigenvalue weighted by molar-refractivity contribution is -0.119. The van der Waals surface area contributed by atoms with Gasteiger partial charge in [-0.25, -0.2) is 13.6 Å². The van der Waals surface area contributed by atoms with Gasteiger partial charge < -0.3 is 16.0 Å². The van der Waals surface area contributed by atoms with Crippen LogP contribution in [0.3, 0.4) is 0 Å². The number of carbonyl (C=O) groups is 2. The Balaban J connectivity index is 1.95. The van der Waals surface area contributed by atoms with E-state index in [1.807, 2.05) is 0 Å². The normalized spacial score (nSPS) is 19.5. The molecule has 3 rings (SSSR count). The standard InChI is InChI=1S/C18H14ClF2N3O2/c1-9-15(17(25)23-14-5-3-2-4-12(14)19)16(24-18(26)22-9)11-7-6-10(20)8-13(11)21/h2-8,15-16H,1H2,(H,23,25)(H2,22,24,26)/t15-,16+/m0/s1. The van der Waals surface area contributed by atoms with Crippen molar-refractivity contribution in [2.24, 2.45) is 5.92 Å². The number of carbonyl (C=O) groups excluding carboxylic acids is 2. The Bertz CT molecular complexity index is 904. The highest BCUT2D eigenvalue weighted by atomic mass is 35.5. The molecule has 3 amide bonds. The van der Waals surface area contributed by atoms with Crippen molar-refractivity contribution in [3.63, 3.8) is 0 Å². The molecular formula is C18H14ClF2N3O2. The van der Waals surface area contributed by atoms with Crippen LogP contribution in [0, 0.1) is 17.6 Å². The molecule has 0 bridgehead atoms. The lowest BCUT2D eigenvalue weighted by Gasteiger charge is -2.34. The maximum Gasteiger partial charge on any atom is 0.319 e. The number of rotatable bonds is 3. The van der Waals surface area contributed by atoms with Crippen LogP contribution in [0.15, 0.2) is 54.7 Å². The zero-order chi connectivity index (χ0) is 18.8. The summed E-state index contributed by atoms with van der Waals surface area (Å²) in [5.41, 5.74) is 0.427. The van der Waals surface area contributed by atoms with Gasteiger partial charge in [0.15, 0.2) is 0 Å². The van der Waals surface area contributed by atoms with Crippen molar-refractivity contribution in [1.82, 2.24) is 10.6 Å². The molecule has 1 aliphatic rings. The Hall–Kier alpha value is -2.93. The second-order valence-electron chi connectivity index (χ2n) is 5.71. The largest absolute Gasteiger partial charge is 0.330 e. The quantitative estimate of drug-likeness (QED) is 0.762. The van der Waals surface area contributed by atoms with Gasteiger partial charge in [0.05, 0.1) is 16.8 Å². The Labute approximate surface area is 153 Å². The van der Waals surface area contributed by atoms with E-state index >= 15 is 0 Å². The van der Waals surface area contributed by atoms with E-state index in [0.29, 0.717) is 16.8 Å². The van der Waals surface area contributed by atoms with E-state index in [0.717, 1.165) is 6.07 Å². The summed E-state index contributed by atoms with van der Waals surface area (Å²) >= 11 is 6.04. The predicted molar refractivity (Wildman–Crippen MR) is 93.5 cm³/mol. The van der Waals surface area contributed by atoms with E-state index in [-0.39, 0.29) is 11.3 Å². The number of amides is 3. The molecule has 0 saturated carbocycles. The molecule has 2 aromatic rings. The first kappa shape index (κ1) is 17.9. The van der Waals surface area contributed by atoms with Gasteiger partial charge in [-0.2, -0.15) is 0 Å². The minimum Gasteiger partial charge on any atom is -0.330 e. The molecule has 1 saturated heterocycles. The minimum atomic E-state index is -1.06. The minimum absolute atomic E-state index is 0.0262. The Morgan fingerprint density at radius 2 is 1.92 bits per heavy atom. The van der Waals surface area contributed by atoms with Crippen LogP contribution in [0.5, 0.6) is 0 Å². The summed E-state index contributed by atoms with van der Waals surface area (Å²) < 4.78 is 27.4. The van der Waals surface area contributed by atoms with Crippen LogP contribution in [0.4, 0.5) is 19.3 Å². The predicted octanol–water partition coefficient (Wildman–Crippen LogP) is 3.74. The number of anilines is 1. The van der Waals surface area contributed by atoms with Gasteiger partial charge in [0.25, 0.3) is 0 Å². The first-order valence-electron chi connectivity index (χ1n) is 7.63.